The van der Waals surface area contributed by atoms with E-state index in [0.717, 1.165) is 5.52 Å². The van der Waals surface area contributed by atoms with Crippen LogP contribution < -0.4 is 0 Å². The lowest BCUT2D eigenvalue weighted by Gasteiger charge is -2.05. The first-order valence-electron chi connectivity index (χ1n) is 4.78. The lowest BCUT2D eigenvalue weighted by Crippen LogP contribution is -2.14. The second kappa shape index (κ2) is 3.84. The number of furan rings is 1. The van der Waals surface area contributed by atoms with Crippen molar-refractivity contribution in [1.29, 1.82) is 0 Å². The van der Waals surface area contributed by atoms with Crippen LogP contribution in [0.2, 0.25) is 0 Å². The summed E-state index contributed by atoms with van der Waals surface area (Å²) in [7, 11) is 1.30. The van der Waals surface area contributed by atoms with Gasteiger partial charge in [0.1, 0.15) is 11.5 Å². The van der Waals surface area contributed by atoms with Crippen LogP contribution in [0.4, 0.5) is 0 Å². The molecular formula is C11H11NO4. The van der Waals surface area contributed by atoms with E-state index in [1.165, 1.54) is 20.3 Å². The summed E-state index contributed by atoms with van der Waals surface area (Å²) in [6.07, 6.45) is 1.52. The van der Waals surface area contributed by atoms with Crippen LogP contribution in [0, 0.1) is 0 Å². The van der Waals surface area contributed by atoms with Gasteiger partial charge in [-0.2, -0.15) is 0 Å². The van der Waals surface area contributed by atoms with Crippen molar-refractivity contribution >= 4 is 22.9 Å². The van der Waals surface area contributed by atoms with Gasteiger partial charge >= 0.3 is 5.97 Å². The summed E-state index contributed by atoms with van der Waals surface area (Å²) >= 11 is 0. The smallest absolute Gasteiger partial charge is 0.354 e. The first kappa shape index (κ1) is 10.5. The SMILES string of the molecule is COC(=O)c1cc2occc2n1CC(C)=O. The molecule has 0 aliphatic rings. The summed E-state index contributed by atoms with van der Waals surface area (Å²) < 4.78 is 11.4. The Morgan fingerprint density at radius 1 is 1.50 bits per heavy atom. The fourth-order valence-corrected chi connectivity index (χ4v) is 1.64. The molecule has 0 aromatic carbocycles. The fourth-order valence-electron chi connectivity index (χ4n) is 1.64. The molecule has 16 heavy (non-hydrogen) atoms. The quantitative estimate of drug-likeness (QED) is 0.739. The van der Waals surface area contributed by atoms with Crippen LogP contribution in [0.3, 0.4) is 0 Å². The van der Waals surface area contributed by atoms with Crippen LogP contribution in [0.1, 0.15) is 17.4 Å². The Morgan fingerprint density at radius 3 is 2.88 bits per heavy atom. The summed E-state index contributed by atoms with van der Waals surface area (Å²) in [5, 5.41) is 0. The fraction of sp³-hybridized carbons (Fsp3) is 0.273. The maximum atomic E-state index is 11.5. The number of hydrogen-bond donors (Lipinski definition) is 0. The van der Waals surface area contributed by atoms with Crippen molar-refractivity contribution in [2.45, 2.75) is 13.5 Å². The minimum absolute atomic E-state index is 0.0381. The molecule has 0 fully saturated rings. The Hall–Kier alpha value is -2.04. The monoisotopic (exact) mass is 221 g/mol. The predicted molar refractivity (Wildman–Crippen MR) is 56.2 cm³/mol. The molecule has 0 spiro atoms. The average molecular weight is 221 g/mol. The number of ether oxygens (including phenoxy) is 1. The predicted octanol–water partition coefficient (Wildman–Crippen LogP) is 1.61. The number of nitrogens with zero attached hydrogens (tertiary/aromatic N) is 1. The number of aromatic nitrogens is 1. The van der Waals surface area contributed by atoms with Crippen molar-refractivity contribution in [3.05, 3.63) is 24.1 Å². The largest absolute Gasteiger partial charge is 0.464 e. The van der Waals surface area contributed by atoms with Crippen LogP contribution in [-0.4, -0.2) is 23.4 Å². The molecule has 2 rings (SSSR count). The van der Waals surface area contributed by atoms with Gasteiger partial charge in [0.05, 0.1) is 25.4 Å². The van der Waals surface area contributed by atoms with Crippen LogP contribution in [0.25, 0.3) is 11.1 Å². The van der Waals surface area contributed by atoms with E-state index in [1.54, 1.807) is 16.7 Å². The summed E-state index contributed by atoms with van der Waals surface area (Å²) in [6, 6.07) is 3.29. The van der Waals surface area contributed by atoms with E-state index in [0.29, 0.717) is 11.3 Å². The molecule has 2 heterocycles. The summed E-state index contributed by atoms with van der Waals surface area (Å²) in [5.41, 5.74) is 1.62. The van der Waals surface area contributed by atoms with E-state index < -0.39 is 5.97 Å². The molecule has 0 bridgehead atoms. The Bertz CT molecular complexity index is 549. The van der Waals surface area contributed by atoms with Gasteiger partial charge < -0.3 is 13.7 Å². The van der Waals surface area contributed by atoms with Crippen molar-refractivity contribution < 1.29 is 18.7 Å². The van der Waals surface area contributed by atoms with Crippen molar-refractivity contribution in [2.75, 3.05) is 7.11 Å². The highest BCUT2D eigenvalue weighted by molar-refractivity contribution is 5.95. The van der Waals surface area contributed by atoms with Crippen molar-refractivity contribution in [3.63, 3.8) is 0 Å². The molecule has 0 radical (unpaired) electrons. The standard InChI is InChI=1S/C11H11NO4/c1-7(13)6-12-8-3-4-16-10(8)5-9(12)11(14)15-2/h3-5H,6H2,1-2H3. The van der Waals surface area contributed by atoms with Crippen molar-refractivity contribution in [1.82, 2.24) is 4.57 Å². The van der Waals surface area contributed by atoms with Crippen LogP contribution in [0.5, 0.6) is 0 Å². The number of ketones is 1. The molecule has 0 aliphatic heterocycles. The molecule has 84 valence electrons. The minimum Gasteiger partial charge on any atom is -0.464 e. The van der Waals surface area contributed by atoms with Gasteiger partial charge in [-0.25, -0.2) is 4.79 Å². The van der Waals surface area contributed by atoms with E-state index in [9.17, 15) is 9.59 Å². The van der Waals surface area contributed by atoms with Crippen LogP contribution in [-0.2, 0) is 16.1 Å². The number of rotatable bonds is 3. The van der Waals surface area contributed by atoms with Gasteiger partial charge in [0.25, 0.3) is 0 Å². The lowest BCUT2D eigenvalue weighted by atomic mass is 10.4. The first-order valence-corrected chi connectivity index (χ1v) is 4.78. The lowest BCUT2D eigenvalue weighted by molar-refractivity contribution is -0.117. The maximum absolute atomic E-state index is 11.5. The molecule has 0 saturated heterocycles. The molecule has 2 aromatic rings. The Balaban J connectivity index is 2.58. The highest BCUT2D eigenvalue weighted by atomic mass is 16.5. The molecular weight excluding hydrogens is 210 g/mol. The molecule has 2 aromatic heterocycles. The van der Waals surface area contributed by atoms with Gasteiger partial charge in [-0.15, -0.1) is 0 Å². The third-order valence-corrected chi connectivity index (χ3v) is 2.30. The van der Waals surface area contributed by atoms with E-state index in [2.05, 4.69) is 4.74 Å². The molecule has 0 saturated carbocycles. The summed E-state index contributed by atoms with van der Waals surface area (Å²) in [5.74, 6) is -0.517. The van der Waals surface area contributed by atoms with Crippen LogP contribution >= 0.6 is 0 Å². The van der Waals surface area contributed by atoms with Crippen molar-refractivity contribution in [2.24, 2.45) is 0 Å². The maximum Gasteiger partial charge on any atom is 0.354 e. The number of fused-ring (bicyclic) bond motifs is 1. The number of esters is 1. The normalized spacial score (nSPS) is 10.6. The minimum atomic E-state index is -0.479. The zero-order valence-corrected chi connectivity index (χ0v) is 9.02. The average Bonchev–Trinajstić information content (AvgIpc) is 2.79. The number of carbonyl (C=O) groups excluding carboxylic acids is 2. The molecule has 0 unspecified atom stereocenters. The highest BCUT2D eigenvalue weighted by Crippen LogP contribution is 2.21. The number of Topliss-reactive ketones (excluding diaryl/α,β-unsaturated/α-hetero) is 1. The second-order valence-electron chi connectivity index (χ2n) is 3.48. The topological polar surface area (TPSA) is 61.4 Å². The van der Waals surface area contributed by atoms with E-state index >= 15 is 0 Å². The van der Waals surface area contributed by atoms with Gasteiger partial charge in [-0.1, -0.05) is 0 Å². The first-order chi connectivity index (χ1) is 7.63. The van der Waals surface area contributed by atoms with E-state index in [1.807, 2.05) is 0 Å². The Kier molecular flexibility index (Phi) is 2.52. The molecule has 5 heteroatoms. The van der Waals surface area contributed by atoms with Gasteiger partial charge in [0.15, 0.2) is 5.58 Å². The van der Waals surface area contributed by atoms with Crippen molar-refractivity contribution in [3.8, 4) is 0 Å². The van der Waals surface area contributed by atoms with Gasteiger partial charge in [-0.05, 0) is 6.92 Å². The Labute approximate surface area is 91.6 Å². The molecule has 0 N–H and O–H groups in total. The third-order valence-electron chi connectivity index (χ3n) is 2.30. The van der Waals surface area contributed by atoms with E-state index in [-0.39, 0.29) is 12.3 Å². The zero-order valence-electron chi connectivity index (χ0n) is 9.02. The highest BCUT2D eigenvalue weighted by Gasteiger charge is 2.18. The van der Waals surface area contributed by atoms with E-state index in [4.69, 9.17) is 4.42 Å². The molecule has 0 amide bonds. The summed E-state index contributed by atoms with van der Waals surface area (Å²) in [4.78, 5) is 22.6. The number of carbonyl (C=O) groups is 2. The van der Waals surface area contributed by atoms with Gasteiger partial charge in [0.2, 0.25) is 0 Å². The van der Waals surface area contributed by atoms with Gasteiger partial charge in [0, 0.05) is 12.1 Å². The number of methoxy groups -OCH3 is 1. The number of hydrogen-bond acceptors (Lipinski definition) is 4. The second-order valence-corrected chi connectivity index (χ2v) is 3.48. The van der Waals surface area contributed by atoms with Crippen LogP contribution in [0.15, 0.2) is 22.8 Å². The third kappa shape index (κ3) is 1.60. The molecule has 0 atom stereocenters. The molecule has 5 nitrogen and oxygen atoms in total. The molecule has 0 aliphatic carbocycles. The van der Waals surface area contributed by atoms with Gasteiger partial charge in [-0.3, -0.25) is 4.79 Å². The Morgan fingerprint density at radius 2 is 2.25 bits per heavy atom. The summed E-state index contributed by atoms with van der Waals surface area (Å²) in [6.45, 7) is 1.60. The zero-order chi connectivity index (χ0) is 11.7.